The zero-order valence-electron chi connectivity index (χ0n) is 8.01. The van der Waals surface area contributed by atoms with Crippen LogP contribution in [0.1, 0.15) is 39.0 Å². The zero-order valence-corrected chi connectivity index (χ0v) is 8.01. The quantitative estimate of drug-likeness (QED) is 0.348. The molecule has 0 saturated heterocycles. The normalized spacial score (nSPS) is 10.5. The van der Waals surface area contributed by atoms with Gasteiger partial charge in [0.05, 0.1) is 13.5 Å². The van der Waals surface area contributed by atoms with Gasteiger partial charge in [0, 0.05) is 0 Å². The number of carbonyl (C=O) groups is 1. The molecule has 12 heavy (non-hydrogen) atoms. The summed E-state index contributed by atoms with van der Waals surface area (Å²) >= 11 is 0. The van der Waals surface area contributed by atoms with Crippen molar-refractivity contribution in [2.45, 2.75) is 39.0 Å². The first-order valence-electron chi connectivity index (χ1n) is 4.53. The molecule has 0 amide bonds. The van der Waals surface area contributed by atoms with Crippen LogP contribution in [0.4, 0.5) is 0 Å². The Labute approximate surface area is 74.6 Å². The van der Waals surface area contributed by atoms with Gasteiger partial charge in [-0.1, -0.05) is 31.9 Å². The Morgan fingerprint density at radius 1 is 1.33 bits per heavy atom. The Morgan fingerprint density at radius 2 is 2.08 bits per heavy atom. The van der Waals surface area contributed by atoms with Crippen molar-refractivity contribution < 1.29 is 9.53 Å². The van der Waals surface area contributed by atoms with Crippen molar-refractivity contribution in [3.63, 3.8) is 0 Å². The van der Waals surface area contributed by atoms with Crippen LogP contribution in [0.5, 0.6) is 0 Å². The van der Waals surface area contributed by atoms with Gasteiger partial charge >= 0.3 is 5.97 Å². The van der Waals surface area contributed by atoms with E-state index in [1.807, 2.05) is 12.2 Å². The highest BCUT2D eigenvalue weighted by Gasteiger charge is 1.92. The van der Waals surface area contributed by atoms with Gasteiger partial charge in [-0.05, 0) is 12.8 Å². The monoisotopic (exact) mass is 170 g/mol. The molecule has 0 bridgehead atoms. The molecule has 0 aromatic heterocycles. The SMILES string of the molecule is CCCCCC=CCC(=O)OC. The number of carbonyl (C=O) groups excluding carboxylic acids is 1. The van der Waals surface area contributed by atoms with Crippen LogP contribution < -0.4 is 0 Å². The summed E-state index contributed by atoms with van der Waals surface area (Å²) in [5, 5.41) is 0. The molecule has 0 aromatic carbocycles. The minimum absolute atomic E-state index is 0.165. The molecule has 0 saturated carbocycles. The molecule has 0 heterocycles. The largest absolute Gasteiger partial charge is 0.469 e. The molecule has 0 aliphatic heterocycles. The van der Waals surface area contributed by atoms with Gasteiger partial charge in [-0.25, -0.2) is 0 Å². The molecule has 0 N–H and O–H groups in total. The Morgan fingerprint density at radius 3 is 2.67 bits per heavy atom. The summed E-state index contributed by atoms with van der Waals surface area (Å²) < 4.78 is 4.49. The second-order valence-corrected chi connectivity index (χ2v) is 2.75. The third-order valence-corrected chi connectivity index (χ3v) is 1.65. The molecule has 0 rings (SSSR count). The summed E-state index contributed by atoms with van der Waals surface area (Å²) in [6.07, 6.45) is 9.13. The fraction of sp³-hybridized carbons (Fsp3) is 0.700. The molecule has 70 valence electrons. The van der Waals surface area contributed by atoms with Crippen molar-refractivity contribution in [2.24, 2.45) is 0 Å². The average Bonchev–Trinajstić information content (AvgIpc) is 2.10. The molecule has 0 unspecified atom stereocenters. The van der Waals surface area contributed by atoms with Gasteiger partial charge in [0.2, 0.25) is 0 Å². The molecule has 0 atom stereocenters. The van der Waals surface area contributed by atoms with E-state index in [1.54, 1.807) is 0 Å². The summed E-state index contributed by atoms with van der Waals surface area (Å²) in [5.74, 6) is -0.165. The topological polar surface area (TPSA) is 26.3 Å². The Bertz CT molecular complexity index is 139. The lowest BCUT2D eigenvalue weighted by molar-refractivity contribution is -0.139. The van der Waals surface area contributed by atoms with E-state index in [2.05, 4.69) is 11.7 Å². The fourth-order valence-electron chi connectivity index (χ4n) is 0.893. The third-order valence-electron chi connectivity index (χ3n) is 1.65. The molecule has 0 aliphatic carbocycles. The van der Waals surface area contributed by atoms with E-state index in [0.29, 0.717) is 6.42 Å². The highest BCUT2D eigenvalue weighted by molar-refractivity contribution is 5.70. The van der Waals surface area contributed by atoms with Crippen molar-refractivity contribution in [1.82, 2.24) is 0 Å². The van der Waals surface area contributed by atoms with Crippen molar-refractivity contribution in [3.05, 3.63) is 12.2 Å². The van der Waals surface area contributed by atoms with E-state index in [9.17, 15) is 4.79 Å². The van der Waals surface area contributed by atoms with Crippen molar-refractivity contribution >= 4 is 5.97 Å². The maximum Gasteiger partial charge on any atom is 0.309 e. The highest BCUT2D eigenvalue weighted by Crippen LogP contribution is 2.00. The number of allylic oxidation sites excluding steroid dienone is 1. The van der Waals surface area contributed by atoms with Gasteiger partial charge < -0.3 is 4.74 Å². The van der Waals surface area contributed by atoms with E-state index in [0.717, 1.165) is 6.42 Å². The minimum atomic E-state index is -0.165. The van der Waals surface area contributed by atoms with E-state index in [-0.39, 0.29) is 5.97 Å². The van der Waals surface area contributed by atoms with Crippen LogP contribution in [0.25, 0.3) is 0 Å². The maximum atomic E-state index is 10.6. The first kappa shape index (κ1) is 11.2. The van der Waals surface area contributed by atoms with Crippen LogP contribution in [-0.2, 0) is 9.53 Å². The lowest BCUT2D eigenvalue weighted by Crippen LogP contribution is -1.96. The fourth-order valence-corrected chi connectivity index (χ4v) is 0.893. The van der Waals surface area contributed by atoms with Crippen LogP contribution >= 0.6 is 0 Å². The van der Waals surface area contributed by atoms with Crippen LogP contribution in [-0.4, -0.2) is 13.1 Å². The second-order valence-electron chi connectivity index (χ2n) is 2.75. The van der Waals surface area contributed by atoms with E-state index < -0.39 is 0 Å². The number of methoxy groups -OCH3 is 1. The first-order chi connectivity index (χ1) is 5.81. The van der Waals surface area contributed by atoms with Gasteiger partial charge in [0.15, 0.2) is 0 Å². The summed E-state index contributed by atoms with van der Waals surface area (Å²) in [5.41, 5.74) is 0. The predicted molar refractivity (Wildman–Crippen MR) is 49.9 cm³/mol. The highest BCUT2D eigenvalue weighted by atomic mass is 16.5. The van der Waals surface area contributed by atoms with Crippen LogP contribution in [0.2, 0.25) is 0 Å². The first-order valence-corrected chi connectivity index (χ1v) is 4.53. The summed E-state index contributed by atoms with van der Waals surface area (Å²) in [6.45, 7) is 2.18. The Kier molecular flexibility index (Phi) is 7.76. The smallest absolute Gasteiger partial charge is 0.309 e. The predicted octanol–water partition coefficient (Wildman–Crippen LogP) is 2.69. The zero-order chi connectivity index (χ0) is 9.23. The number of unbranched alkanes of at least 4 members (excludes halogenated alkanes) is 3. The number of hydrogen-bond acceptors (Lipinski definition) is 2. The lowest BCUT2D eigenvalue weighted by atomic mass is 10.2. The van der Waals surface area contributed by atoms with Gasteiger partial charge in [0.1, 0.15) is 0 Å². The molecule has 2 heteroatoms. The molecular weight excluding hydrogens is 152 g/mol. The van der Waals surface area contributed by atoms with Gasteiger partial charge in [-0.2, -0.15) is 0 Å². The van der Waals surface area contributed by atoms with Crippen molar-refractivity contribution in [1.29, 1.82) is 0 Å². The Balaban J connectivity index is 3.19. The van der Waals surface area contributed by atoms with Crippen molar-refractivity contribution in [3.8, 4) is 0 Å². The molecule has 2 nitrogen and oxygen atoms in total. The number of esters is 1. The van der Waals surface area contributed by atoms with Crippen molar-refractivity contribution in [2.75, 3.05) is 7.11 Å². The maximum absolute atomic E-state index is 10.6. The van der Waals surface area contributed by atoms with E-state index >= 15 is 0 Å². The summed E-state index contributed by atoms with van der Waals surface area (Å²) in [6, 6.07) is 0. The average molecular weight is 170 g/mol. The molecule has 0 fully saturated rings. The summed E-state index contributed by atoms with van der Waals surface area (Å²) in [7, 11) is 1.41. The number of rotatable bonds is 6. The summed E-state index contributed by atoms with van der Waals surface area (Å²) in [4.78, 5) is 10.6. The number of ether oxygens (including phenoxy) is 1. The third kappa shape index (κ3) is 7.32. The lowest BCUT2D eigenvalue weighted by Gasteiger charge is -1.93. The van der Waals surface area contributed by atoms with Gasteiger partial charge in [0.25, 0.3) is 0 Å². The van der Waals surface area contributed by atoms with Gasteiger partial charge in [-0.15, -0.1) is 0 Å². The van der Waals surface area contributed by atoms with Crippen LogP contribution in [0.15, 0.2) is 12.2 Å². The van der Waals surface area contributed by atoms with E-state index in [1.165, 1.54) is 26.4 Å². The van der Waals surface area contributed by atoms with E-state index in [4.69, 9.17) is 0 Å². The molecule has 0 spiro atoms. The number of hydrogen-bond donors (Lipinski definition) is 0. The van der Waals surface area contributed by atoms with Gasteiger partial charge in [-0.3, -0.25) is 4.79 Å². The molecule has 0 radical (unpaired) electrons. The molecule has 0 aromatic rings. The molecular formula is C10H18O2. The standard InChI is InChI=1S/C10H18O2/c1-3-4-5-6-7-8-9-10(11)12-2/h7-8H,3-6,9H2,1-2H3. The second kappa shape index (κ2) is 8.31. The Hall–Kier alpha value is -0.790. The van der Waals surface area contributed by atoms with Crippen LogP contribution in [0, 0.1) is 0 Å². The van der Waals surface area contributed by atoms with Crippen LogP contribution in [0.3, 0.4) is 0 Å². The minimum Gasteiger partial charge on any atom is -0.469 e. The molecule has 0 aliphatic rings.